The Balaban J connectivity index is 2.19. The number of benzene rings is 1. The number of halogens is 1. The number of hydrogen-bond donors (Lipinski definition) is 1. The van der Waals surface area contributed by atoms with Gasteiger partial charge in [0.15, 0.2) is 0 Å². The second-order valence-corrected chi connectivity index (χ2v) is 5.29. The van der Waals surface area contributed by atoms with Crippen LogP contribution in [-0.2, 0) is 13.1 Å². The first-order valence-corrected chi connectivity index (χ1v) is 7.63. The highest BCUT2D eigenvalue weighted by atomic mass is 19.1. The predicted molar refractivity (Wildman–Crippen MR) is 89.6 cm³/mol. The lowest BCUT2D eigenvalue weighted by atomic mass is 10.1. The van der Waals surface area contributed by atoms with E-state index in [1.165, 1.54) is 6.08 Å². The molecule has 0 spiro atoms. The number of aromatic nitrogens is 4. The number of nitriles is 1. The van der Waals surface area contributed by atoms with Gasteiger partial charge in [-0.05, 0) is 31.2 Å². The monoisotopic (exact) mass is 324 g/mol. The van der Waals surface area contributed by atoms with Crippen molar-refractivity contribution in [2.45, 2.75) is 20.0 Å². The zero-order valence-corrected chi connectivity index (χ0v) is 13.3. The van der Waals surface area contributed by atoms with Crippen LogP contribution in [0.5, 0.6) is 0 Å². The van der Waals surface area contributed by atoms with Crippen LogP contribution in [-0.4, -0.2) is 25.9 Å². The lowest BCUT2D eigenvalue weighted by molar-refractivity contribution is 0.558. The minimum atomic E-state index is -0.334. The van der Waals surface area contributed by atoms with Crippen molar-refractivity contribution in [3.05, 3.63) is 48.2 Å². The molecule has 2 heterocycles. The summed E-state index contributed by atoms with van der Waals surface area (Å²) >= 11 is 0. The fourth-order valence-electron chi connectivity index (χ4n) is 2.72. The van der Waals surface area contributed by atoms with Crippen LogP contribution in [0.1, 0.15) is 12.5 Å². The summed E-state index contributed by atoms with van der Waals surface area (Å²) in [7, 11) is 0. The molecule has 0 atom stereocenters. The van der Waals surface area contributed by atoms with Crippen molar-refractivity contribution in [2.24, 2.45) is 5.73 Å². The summed E-state index contributed by atoms with van der Waals surface area (Å²) in [6, 6.07) is 7.54. The number of allylic oxidation sites excluding steroid dienone is 1. The van der Waals surface area contributed by atoms with E-state index in [1.807, 2.05) is 17.7 Å². The van der Waals surface area contributed by atoms with E-state index in [9.17, 15) is 9.65 Å². The Morgan fingerprint density at radius 1 is 1.46 bits per heavy atom. The SMILES string of the molecule is CCn1nccc1-c1cc(C#N)cc2c1ncn2C/C(F)=C/CN. The van der Waals surface area contributed by atoms with Gasteiger partial charge in [-0.3, -0.25) is 4.68 Å². The lowest BCUT2D eigenvalue weighted by Crippen LogP contribution is -2.01. The van der Waals surface area contributed by atoms with Crippen molar-refractivity contribution in [2.75, 3.05) is 6.54 Å². The van der Waals surface area contributed by atoms with Gasteiger partial charge in [-0.15, -0.1) is 0 Å². The van der Waals surface area contributed by atoms with Gasteiger partial charge >= 0.3 is 0 Å². The first-order valence-electron chi connectivity index (χ1n) is 7.63. The molecule has 0 aliphatic rings. The summed E-state index contributed by atoms with van der Waals surface area (Å²) in [6.07, 6.45) is 4.61. The average molecular weight is 324 g/mol. The molecule has 0 radical (unpaired) electrons. The highest BCUT2D eigenvalue weighted by molar-refractivity contribution is 5.92. The molecule has 0 unspecified atom stereocenters. The molecule has 0 aliphatic heterocycles. The van der Waals surface area contributed by atoms with E-state index in [1.54, 1.807) is 29.2 Å². The van der Waals surface area contributed by atoms with Crippen LogP contribution >= 0.6 is 0 Å². The standard InChI is InChI=1S/C17H17FN6/c1-2-24-15(4-6-22-24)14-7-12(9-20)8-16-17(14)21-11-23(16)10-13(18)3-5-19/h3-4,6-8,11H,2,5,10,19H2,1H3/b13-3-. The normalized spacial score (nSPS) is 11.8. The zero-order chi connectivity index (χ0) is 17.1. The van der Waals surface area contributed by atoms with Crippen molar-refractivity contribution in [1.29, 1.82) is 5.26 Å². The van der Waals surface area contributed by atoms with Gasteiger partial charge in [-0.25, -0.2) is 9.37 Å². The molecular weight excluding hydrogens is 307 g/mol. The average Bonchev–Trinajstić information content (AvgIpc) is 3.21. The van der Waals surface area contributed by atoms with Gasteiger partial charge in [0.05, 0.1) is 41.2 Å². The van der Waals surface area contributed by atoms with Crippen molar-refractivity contribution in [3.8, 4) is 17.3 Å². The van der Waals surface area contributed by atoms with Gasteiger partial charge in [0, 0.05) is 24.8 Å². The minimum Gasteiger partial charge on any atom is -0.327 e. The van der Waals surface area contributed by atoms with Gasteiger partial charge in [-0.1, -0.05) is 0 Å². The molecule has 0 amide bonds. The Labute approximate surface area is 138 Å². The van der Waals surface area contributed by atoms with Gasteiger partial charge < -0.3 is 10.3 Å². The third kappa shape index (κ3) is 2.79. The molecule has 0 saturated heterocycles. The Bertz CT molecular complexity index is 944. The summed E-state index contributed by atoms with van der Waals surface area (Å²) in [6.45, 7) is 2.88. The first-order chi connectivity index (χ1) is 11.7. The van der Waals surface area contributed by atoms with Crippen molar-refractivity contribution in [3.63, 3.8) is 0 Å². The number of imidazole rings is 1. The summed E-state index contributed by atoms with van der Waals surface area (Å²) in [5.41, 5.74) is 8.94. The molecule has 0 fully saturated rings. The molecule has 0 saturated carbocycles. The minimum absolute atomic E-state index is 0.0368. The van der Waals surface area contributed by atoms with Crippen LogP contribution in [0.4, 0.5) is 4.39 Å². The number of nitrogens with two attached hydrogens (primary N) is 1. The molecule has 0 aliphatic carbocycles. The fourth-order valence-corrected chi connectivity index (χ4v) is 2.72. The van der Waals surface area contributed by atoms with Crippen LogP contribution in [0.15, 0.2) is 42.6 Å². The van der Waals surface area contributed by atoms with E-state index in [0.29, 0.717) is 23.1 Å². The zero-order valence-electron chi connectivity index (χ0n) is 13.3. The molecule has 1 aromatic carbocycles. The number of aryl methyl sites for hydroxylation is 1. The quantitative estimate of drug-likeness (QED) is 0.781. The van der Waals surface area contributed by atoms with Crippen molar-refractivity contribution < 1.29 is 4.39 Å². The van der Waals surface area contributed by atoms with E-state index in [4.69, 9.17) is 5.73 Å². The summed E-state index contributed by atoms with van der Waals surface area (Å²) < 4.78 is 17.3. The Morgan fingerprint density at radius 2 is 2.29 bits per heavy atom. The molecule has 6 nitrogen and oxygen atoms in total. The summed E-state index contributed by atoms with van der Waals surface area (Å²) in [5.74, 6) is -0.334. The first kappa shape index (κ1) is 15.9. The molecule has 3 aromatic rings. The maximum Gasteiger partial charge on any atom is 0.117 e. The molecule has 2 N–H and O–H groups in total. The lowest BCUT2D eigenvalue weighted by Gasteiger charge is -2.08. The number of hydrogen-bond acceptors (Lipinski definition) is 4. The molecule has 24 heavy (non-hydrogen) atoms. The van der Waals surface area contributed by atoms with Crippen LogP contribution in [0.25, 0.3) is 22.3 Å². The molecule has 2 aromatic heterocycles. The molecule has 0 bridgehead atoms. The van der Waals surface area contributed by atoms with E-state index in [-0.39, 0.29) is 18.9 Å². The Morgan fingerprint density at radius 3 is 3.00 bits per heavy atom. The molecule has 3 rings (SSSR count). The summed E-state index contributed by atoms with van der Waals surface area (Å²) in [5, 5.41) is 13.6. The van der Waals surface area contributed by atoms with E-state index < -0.39 is 0 Å². The maximum atomic E-state index is 13.8. The number of nitrogens with zero attached hydrogens (tertiary/aromatic N) is 5. The Kier molecular flexibility index (Phi) is 4.40. The topological polar surface area (TPSA) is 85.5 Å². The third-order valence-corrected chi connectivity index (χ3v) is 3.81. The van der Waals surface area contributed by atoms with Crippen molar-refractivity contribution in [1.82, 2.24) is 19.3 Å². The van der Waals surface area contributed by atoms with Gasteiger partial charge in [0.25, 0.3) is 0 Å². The summed E-state index contributed by atoms with van der Waals surface area (Å²) in [4.78, 5) is 4.43. The largest absolute Gasteiger partial charge is 0.327 e. The second kappa shape index (κ2) is 6.64. The van der Waals surface area contributed by atoms with Gasteiger partial charge in [0.2, 0.25) is 0 Å². The van der Waals surface area contributed by atoms with Gasteiger partial charge in [-0.2, -0.15) is 10.4 Å². The predicted octanol–water partition coefficient (Wildman–Crippen LogP) is 2.60. The molecule has 7 heteroatoms. The smallest absolute Gasteiger partial charge is 0.117 e. The van der Waals surface area contributed by atoms with Crippen LogP contribution in [0, 0.1) is 11.3 Å². The highest BCUT2D eigenvalue weighted by Crippen LogP contribution is 2.29. The Hall–Kier alpha value is -2.98. The molecular formula is C17H17FN6. The van der Waals surface area contributed by atoms with Crippen LogP contribution in [0.2, 0.25) is 0 Å². The maximum absolute atomic E-state index is 13.8. The molecule has 122 valence electrons. The van der Waals surface area contributed by atoms with E-state index >= 15 is 0 Å². The number of fused-ring (bicyclic) bond motifs is 1. The third-order valence-electron chi connectivity index (χ3n) is 3.81. The fraction of sp³-hybridized carbons (Fsp3) is 0.235. The van der Waals surface area contributed by atoms with E-state index in [0.717, 1.165) is 11.3 Å². The van der Waals surface area contributed by atoms with Crippen LogP contribution in [0.3, 0.4) is 0 Å². The van der Waals surface area contributed by atoms with E-state index in [2.05, 4.69) is 16.2 Å². The second-order valence-electron chi connectivity index (χ2n) is 5.29. The highest BCUT2D eigenvalue weighted by Gasteiger charge is 2.15. The number of rotatable bonds is 5. The van der Waals surface area contributed by atoms with Gasteiger partial charge in [0.1, 0.15) is 5.83 Å². The van der Waals surface area contributed by atoms with Crippen molar-refractivity contribution >= 4 is 11.0 Å². The van der Waals surface area contributed by atoms with Crippen LogP contribution < -0.4 is 5.73 Å².